The molecule has 5 rings (SSSR count). The average molecular weight is 421 g/mol. The van der Waals surface area contributed by atoms with Crippen LogP contribution in [0.25, 0.3) is 0 Å². The van der Waals surface area contributed by atoms with Gasteiger partial charge in [-0.05, 0) is 49.4 Å². The van der Waals surface area contributed by atoms with Crippen LogP contribution in [-0.4, -0.2) is 48.7 Å². The minimum absolute atomic E-state index is 0.00255. The molecule has 1 amide bonds. The third-order valence-corrected chi connectivity index (χ3v) is 7.20. The minimum Gasteiger partial charge on any atom is -0.384 e. The molecule has 1 saturated carbocycles. The van der Waals surface area contributed by atoms with Gasteiger partial charge in [-0.3, -0.25) is 9.78 Å². The Balaban J connectivity index is 1.28. The molecule has 1 atom stereocenters. The molecule has 6 nitrogen and oxygen atoms in total. The van der Waals surface area contributed by atoms with E-state index in [9.17, 15) is 9.90 Å². The Morgan fingerprint density at radius 3 is 2.58 bits per heavy atom. The second-order valence-electron chi connectivity index (χ2n) is 9.19. The molecule has 1 aromatic heterocycles. The van der Waals surface area contributed by atoms with Crippen molar-refractivity contribution in [2.75, 3.05) is 42.5 Å². The number of amides is 1. The lowest BCUT2D eigenvalue weighted by Crippen LogP contribution is -2.44. The van der Waals surface area contributed by atoms with Gasteiger partial charge in [0.15, 0.2) is 0 Å². The van der Waals surface area contributed by atoms with E-state index >= 15 is 0 Å². The molecular weight excluding hydrogens is 388 g/mol. The number of rotatable bonds is 5. The second kappa shape index (κ2) is 8.60. The molecule has 3 aliphatic rings. The molecule has 2 aliphatic heterocycles. The Kier molecular flexibility index (Phi) is 5.67. The minimum atomic E-state index is -0.788. The smallest absolute Gasteiger partial charge is 0.230 e. The van der Waals surface area contributed by atoms with E-state index in [1.165, 1.54) is 11.3 Å². The van der Waals surface area contributed by atoms with Gasteiger partial charge in [0.05, 0.1) is 17.6 Å². The summed E-state index contributed by atoms with van der Waals surface area (Å²) < 4.78 is 0. The first kappa shape index (κ1) is 20.5. The number of piperazine rings is 1. The topological polar surface area (TPSA) is 68.7 Å². The van der Waals surface area contributed by atoms with E-state index in [-0.39, 0.29) is 11.8 Å². The third-order valence-electron chi connectivity index (χ3n) is 7.20. The number of para-hydroxylation sites is 1. The maximum atomic E-state index is 13.2. The number of pyridine rings is 1. The predicted octanol–water partition coefficient (Wildman–Crippen LogP) is 2.85. The predicted molar refractivity (Wildman–Crippen MR) is 122 cm³/mol. The number of nitrogens with one attached hydrogen (secondary N) is 1. The van der Waals surface area contributed by atoms with Crippen LogP contribution in [-0.2, 0) is 16.8 Å². The van der Waals surface area contributed by atoms with E-state index in [1.54, 1.807) is 6.20 Å². The van der Waals surface area contributed by atoms with Crippen molar-refractivity contribution < 1.29 is 9.90 Å². The normalized spacial score (nSPS) is 23.5. The number of hydrogen-bond acceptors (Lipinski definition) is 5. The molecule has 1 aromatic carbocycles. The molecule has 2 saturated heterocycles. The first-order valence-electron chi connectivity index (χ1n) is 11.7. The Hall–Kier alpha value is -2.44. The highest BCUT2D eigenvalue weighted by atomic mass is 16.3. The highest BCUT2D eigenvalue weighted by Crippen LogP contribution is 2.38. The number of aromatic nitrogens is 1. The molecule has 164 valence electrons. The van der Waals surface area contributed by atoms with Gasteiger partial charge in [-0.1, -0.05) is 31.0 Å². The van der Waals surface area contributed by atoms with Crippen LogP contribution in [0, 0.1) is 5.92 Å². The highest BCUT2D eigenvalue weighted by Gasteiger charge is 2.36. The summed E-state index contributed by atoms with van der Waals surface area (Å²) in [5.41, 5.74) is 3.33. The fourth-order valence-corrected chi connectivity index (χ4v) is 5.38. The zero-order valence-electron chi connectivity index (χ0n) is 18.1. The van der Waals surface area contributed by atoms with E-state index in [0.29, 0.717) is 0 Å². The van der Waals surface area contributed by atoms with Crippen LogP contribution in [0.2, 0.25) is 0 Å². The number of benzene rings is 1. The molecule has 0 radical (unpaired) electrons. The van der Waals surface area contributed by atoms with Gasteiger partial charge < -0.3 is 20.2 Å². The number of anilines is 2. The monoisotopic (exact) mass is 420 g/mol. The van der Waals surface area contributed by atoms with Crippen LogP contribution in [0.4, 0.5) is 11.4 Å². The zero-order valence-corrected chi connectivity index (χ0v) is 18.1. The van der Waals surface area contributed by atoms with Gasteiger partial charge in [-0.2, -0.15) is 0 Å². The van der Waals surface area contributed by atoms with Crippen LogP contribution >= 0.6 is 0 Å². The summed E-state index contributed by atoms with van der Waals surface area (Å²) in [6.45, 7) is 4.74. The van der Waals surface area contributed by atoms with Gasteiger partial charge in [0.2, 0.25) is 5.91 Å². The Morgan fingerprint density at radius 1 is 1.06 bits per heavy atom. The Morgan fingerprint density at radius 2 is 1.84 bits per heavy atom. The van der Waals surface area contributed by atoms with Crippen LogP contribution in [0.1, 0.15) is 43.4 Å². The quantitative estimate of drug-likeness (QED) is 0.779. The van der Waals surface area contributed by atoms with Gasteiger partial charge in [-0.25, -0.2) is 0 Å². The molecule has 2 N–H and O–H groups in total. The first-order chi connectivity index (χ1) is 15.1. The van der Waals surface area contributed by atoms with Crippen molar-refractivity contribution in [2.45, 2.75) is 44.1 Å². The van der Waals surface area contributed by atoms with Crippen molar-refractivity contribution in [2.24, 2.45) is 5.92 Å². The molecule has 3 fully saturated rings. The van der Waals surface area contributed by atoms with E-state index in [0.717, 1.165) is 82.6 Å². The largest absolute Gasteiger partial charge is 0.384 e. The molecule has 1 unspecified atom stereocenters. The lowest BCUT2D eigenvalue weighted by Gasteiger charge is -2.31. The van der Waals surface area contributed by atoms with Crippen molar-refractivity contribution in [1.29, 1.82) is 0 Å². The van der Waals surface area contributed by atoms with Gasteiger partial charge in [0.25, 0.3) is 0 Å². The molecule has 1 aliphatic carbocycles. The molecule has 3 heterocycles. The van der Waals surface area contributed by atoms with Crippen LogP contribution in [0.5, 0.6) is 0 Å². The summed E-state index contributed by atoms with van der Waals surface area (Å²) in [6.07, 6.45) is 7.04. The van der Waals surface area contributed by atoms with Gasteiger partial charge in [-0.15, -0.1) is 0 Å². The van der Waals surface area contributed by atoms with Crippen molar-refractivity contribution in [1.82, 2.24) is 10.3 Å². The lowest BCUT2D eigenvalue weighted by molar-refractivity contribution is -0.120. The summed E-state index contributed by atoms with van der Waals surface area (Å²) in [6, 6.07) is 12.4. The Bertz CT molecular complexity index is 917. The second-order valence-corrected chi connectivity index (χ2v) is 9.19. The van der Waals surface area contributed by atoms with E-state index < -0.39 is 5.60 Å². The maximum absolute atomic E-state index is 13.2. The summed E-state index contributed by atoms with van der Waals surface area (Å²) in [7, 11) is 0. The summed E-state index contributed by atoms with van der Waals surface area (Å²) in [4.78, 5) is 22.1. The number of aliphatic hydroxyl groups is 1. The van der Waals surface area contributed by atoms with Crippen molar-refractivity contribution in [3.05, 3.63) is 53.9 Å². The zero-order chi connectivity index (χ0) is 21.3. The highest BCUT2D eigenvalue weighted by molar-refractivity contribution is 5.97. The fraction of sp³-hybridized carbons (Fsp3) is 0.520. The number of hydrogen-bond donors (Lipinski definition) is 2. The molecular formula is C25H32N4O2. The van der Waals surface area contributed by atoms with E-state index in [1.807, 2.05) is 17.0 Å². The lowest BCUT2D eigenvalue weighted by atomic mass is 9.96. The van der Waals surface area contributed by atoms with Gasteiger partial charge in [0, 0.05) is 44.3 Å². The SMILES string of the molecule is O=C1C(Cc2ccccc2N2CCNCC2)CCN1c1ccc(C2(O)CCCC2)nc1. The molecule has 0 bridgehead atoms. The number of carbonyl (C=O) groups excluding carboxylic acids is 1. The van der Waals surface area contributed by atoms with Gasteiger partial charge >= 0.3 is 0 Å². The van der Waals surface area contributed by atoms with Crippen molar-refractivity contribution in [3.8, 4) is 0 Å². The van der Waals surface area contributed by atoms with Crippen molar-refractivity contribution in [3.63, 3.8) is 0 Å². The Labute approximate surface area is 184 Å². The molecule has 31 heavy (non-hydrogen) atoms. The van der Waals surface area contributed by atoms with E-state index in [4.69, 9.17) is 0 Å². The van der Waals surface area contributed by atoms with Crippen LogP contribution in [0.15, 0.2) is 42.6 Å². The third kappa shape index (κ3) is 4.06. The molecule has 6 heteroatoms. The molecule has 0 spiro atoms. The van der Waals surface area contributed by atoms with Gasteiger partial charge in [0.1, 0.15) is 5.60 Å². The average Bonchev–Trinajstić information content (AvgIpc) is 3.42. The van der Waals surface area contributed by atoms with Crippen molar-refractivity contribution >= 4 is 17.3 Å². The fourth-order valence-electron chi connectivity index (χ4n) is 5.38. The summed E-state index contributed by atoms with van der Waals surface area (Å²) in [5, 5.41) is 14.2. The number of nitrogens with zero attached hydrogens (tertiary/aromatic N) is 3. The molecule has 2 aromatic rings. The van der Waals surface area contributed by atoms with E-state index in [2.05, 4.69) is 39.5 Å². The summed E-state index contributed by atoms with van der Waals surface area (Å²) in [5.74, 6) is 0.187. The summed E-state index contributed by atoms with van der Waals surface area (Å²) >= 11 is 0. The van der Waals surface area contributed by atoms with Crippen LogP contribution in [0.3, 0.4) is 0 Å². The standard InChI is InChI=1S/C25H32N4O2/c30-24-20(17-19-5-1-2-6-22(19)28-15-12-26-13-16-28)9-14-29(24)21-7-8-23(27-18-21)25(31)10-3-4-11-25/h1-2,5-8,18,20,26,31H,3-4,9-17H2. The van der Waals surface area contributed by atoms with Crippen LogP contribution < -0.4 is 15.1 Å². The maximum Gasteiger partial charge on any atom is 0.230 e. The number of carbonyl (C=O) groups is 1. The first-order valence-corrected chi connectivity index (χ1v) is 11.7.